The molecule has 3 saturated heterocycles. The topological polar surface area (TPSA) is 47.6 Å². The maximum Gasteiger partial charge on any atom is 0.224 e. The van der Waals surface area contributed by atoms with E-state index in [1.807, 2.05) is 0 Å². The molecule has 3 aliphatic heterocycles. The summed E-state index contributed by atoms with van der Waals surface area (Å²) in [7, 11) is 2.21. The van der Waals surface area contributed by atoms with Crippen molar-refractivity contribution in [1.29, 1.82) is 0 Å². The number of amides is 1. The lowest BCUT2D eigenvalue weighted by Gasteiger charge is -2.50. The van der Waals surface area contributed by atoms with Gasteiger partial charge in [-0.2, -0.15) is 0 Å². The first kappa shape index (κ1) is 17.2. The van der Waals surface area contributed by atoms with Crippen molar-refractivity contribution < 1.29 is 4.79 Å². The molecule has 2 N–H and O–H groups in total. The van der Waals surface area contributed by atoms with Crippen molar-refractivity contribution in [3.05, 3.63) is 0 Å². The van der Waals surface area contributed by atoms with Crippen LogP contribution in [-0.2, 0) is 4.79 Å². The van der Waals surface area contributed by atoms with Crippen molar-refractivity contribution in [3.63, 3.8) is 0 Å². The van der Waals surface area contributed by atoms with Crippen LogP contribution in [-0.4, -0.2) is 74.1 Å². The highest BCUT2D eigenvalue weighted by Gasteiger charge is 2.40. The minimum absolute atomic E-state index is 0.174. The zero-order valence-corrected chi connectivity index (χ0v) is 14.8. The van der Waals surface area contributed by atoms with Gasteiger partial charge in [-0.1, -0.05) is 6.42 Å². The number of carbonyl (C=O) groups is 1. The summed E-state index contributed by atoms with van der Waals surface area (Å²) in [5.74, 6) is 0.445. The normalized spacial score (nSPS) is 30.0. The Morgan fingerprint density at radius 1 is 1.13 bits per heavy atom. The summed E-state index contributed by atoms with van der Waals surface area (Å²) >= 11 is 0. The molecule has 23 heavy (non-hydrogen) atoms. The fourth-order valence-electron chi connectivity index (χ4n) is 4.48. The van der Waals surface area contributed by atoms with Gasteiger partial charge in [-0.15, -0.1) is 0 Å². The molecule has 0 bridgehead atoms. The van der Waals surface area contributed by atoms with Gasteiger partial charge in [0.1, 0.15) is 0 Å². The van der Waals surface area contributed by atoms with Gasteiger partial charge in [0.25, 0.3) is 0 Å². The Morgan fingerprint density at radius 3 is 2.52 bits per heavy atom. The van der Waals surface area contributed by atoms with Gasteiger partial charge >= 0.3 is 0 Å². The van der Waals surface area contributed by atoms with Crippen molar-refractivity contribution in [2.24, 2.45) is 5.92 Å². The van der Waals surface area contributed by atoms with Gasteiger partial charge < -0.3 is 15.5 Å². The van der Waals surface area contributed by atoms with Crippen LogP contribution in [0.2, 0.25) is 0 Å². The van der Waals surface area contributed by atoms with Crippen LogP contribution >= 0.6 is 0 Å². The molecule has 0 saturated carbocycles. The number of piperidine rings is 3. The molecule has 0 aromatic heterocycles. The largest absolute Gasteiger partial charge is 0.354 e. The van der Waals surface area contributed by atoms with E-state index in [1.165, 1.54) is 45.2 Å². The van der Waals surface area contributed by atoms with E-state index < -0.39 is 0 Å². The van der Waals surface area contributed by atoms with Crippen molar-refractivity contribution in [1.82, 2.24) is 20.4 Å². The van der Waals surface area contributed by atoms with E-state index in [0.29, 0.717) is 0 Å². The minimum atomic E-state index is 0.174. The molecule has 1 unspecified atom stereocenters. The lowest BCUT2D eigenvalue weighted by molar-refractivity contribution is -0.126. The van der Waals surface area contributed by atoms with Gasteiger partial charge in [0.2, 0.25) is 5.91 Å². The summed E-state index contributed by atoms with van der Waals surface area (Å²) in [4.78, 5) is 17.7. The van der Waals surface area contributed by atoms with E-state index in [-0.39, 0.29) is 17.4 Å². The van der Waals surface area contributed by atoms with Crippen LogP contribution < -0.4 is 10.6 Å². The summed E-state index contributed by atoms with van der Waals surface area (Å²) in [6.45, 7) is 7.49. The molecule has 0 spiro atoms. The molecule has 3 fully saturated rings. The molecule has 3 rings (SSSR count). The van der Waals surface area contributed by atoms with E-state index in [1.54, 1.807) is 0 Å². The Hall–Kier alpha value is -0.650. The molecule has 1 amide bonds. The fourth-order valence-corrected chi connectivity index (χ4v) is 4.48. The Kier molecular flexibility index (Phi) is 5.94. The lowest BCUT2D eigenvalue weighted by atomic mass is 9.83. The molecular weight excluding hydrogens is 288 g/mol. The second-order valence-electron chi connectivity index (χ2n) is 7.84. The molecule has 0 aromatic rings. The SMILES string of the molecule is CN1CCC(CNC(=O)C2CCCNC2)(N2CCCCC2)CC1. The summed E-state index contributed by atoms with van der Waals surface area (Å²) < 4.78 is 0. The molecule has 3 aliphatic rings. The minimum Gasteiger partial charge on any atom is -0.354 e. The predicted octanol–water partition coefficient (Wildman–Crippen LogP) is 1.05. The molecule has 0 aromatic carbocycles. The Bertz CT molecular complexity index is 380. The maximum atomic E-state index is 12.6. The number of nitrogens with one attached hydrogen (secondary N) is 2. The third-order valence-corrected chi connectivity index (χ3v) is 6.20. The van der Waals surface area contributed by atoms with E-state index in [4.69, 9.17) is 0 Å². The molecule has 5 heteroatoms. The lowest BCUT2D eigenvalue weighted by Crippen LogP contribution is -2.61. The van der Waals surface area contributed by atoms with Crippen LogP contribution in [0.5, 0.6) is 0 Å². The first-order chi connectivity index (χ1) is 11.2. The van der Waals surface area contributed by atoms with Gasteiger partial charge in [0.05, 0.1) is 5.92 Å². The quantitative estimate of drug-likeness (QED) is 0.812. The van der Waals surface area contributed by atoms with Crippen molar-refractivity contribution >= 4 is 5.91 Å². The highest BCUT2D eigenvalue weighted by molar-refractivity contribution is 5.79. The third kappa shape index (κ3) is 4.25. The summed E-state index contributed by atoms with van der Waals surface area (Å²) in [5, 5.41) is 6.69. The number of carbonyl (C=O) groups excluding carboxylic acids is 1. The number of hydrogen-bond donors (Lipinski definition) is 2. The van der Waals surface area contributed by atoms with E-state index in [9.17, 15) is 4.79 Å². The second-order valence-corrected chi connectivity index (χ2v) is 7.84. The maximum absolute atomic E-state index is 12.6. The van der Waals surface area contributed by atoms with Gasteiger partial charge in [0.15, 0.2) is 0 Å². The number of nitrogens with zero attached hydrogens (tertiary/aromatic N) is 2. The van der Waals surface area contributed by atoms with Crippen LogP contribution in [0, 0.1) is 5.92 Å². The molecule has 1 atom stereocenters. The average Bonchev–Trinajstić information content (AvgIpc) is 2.63. The summed E-state index contributed by atoms with van der Waals surface area (Å²) in [5.41, 5.74) is 0.199. The zero-order valence-electron chi connectivity index (χ0n) is 14.8. The van der Waals surface area contributed by atoms with Gasteiger partial charge in [-0.3, -0.25) is 9.69 Å². The van der Waals surface area contributed by atoms with Crippen LogP contribution in [0.1, 0.15) is 44.9 Å². The van der Waals surface area contributed by atoms with Crippen LogP contribution in [0.15, 0.2) is 0 Å². The van der Waals surface area contributed by atoms with Crippen molar-refractivity contribution in [2.45, 2.75) is 50.5 Å². The summed E-state index contributed by atoms with van der Waals surface area (Å²) in [6.07, 6.45) is 8.54. The predicted molar refractivity (Wildman–Crippen MR) is 93.5 cm³/mol. The number of hydrogen-bond acceptors (Lipinski definition) is 4. The molecule has 0 radical (unpaired) electrons. The number of rotatable bonds is 4. The zero-order chi connectivity index (χ0) is 16.1. The van der Waals surface area contributed by atoms with Crippen molar-refractivity contribution in [3.8, 4) is 0 Å². The second kappa shape index (κ2) is 7.95. The first-order valence-electron chi connectivity index (χ1n) is 9.62. The number of likely N-dealkylation sites (tertiary alicyclic amines) is 2. The molecule has 0 aliphatic carbocycles. The first-order valence-corrected chi connectivity index (χ1v) is 9.62. The average molecular weight is 322 g/mol. The molecule has 5 nitrogen and oxygen atoms in total. The standard InChI is InChI=1S/C18H34N4O/c1-21-12-7-18(8-13-21,22-10-3-2-4-11-22)15-20-17(23)16-6-5-9-19-14-16/h16,19H,2-15H2,1H3,(H,20,23). The van der Waals surface area contributed by atoms with Gasteiger partial charge in [-0.05, 0) is 78.3 Å². The Morgan fingerprint density at radius 2 is 1.87 bits per heavy atom. The smallest absolute Gasteiger partial charge is 0.224 e. The monoisotopic (exact) mass is 322 g/mol. The van der Waals surface area contributed by atoms with Crippen LogP contribution in [0.25, 0.3) is 0 Å². The van der Waals surface area contributed by atoms with Crippen molar-refractivity contribution in [2.75, 3.05) is 52.9 Å². The molecule has 132 valence electrons. The fraction of sp³-hybridized carbons (Fsp3) is 0.944. The molecular formula is C18H34N4O. The highest BCUT2D eigenvalue weighted by atomic mass is 16.1. The van der Waals surface area contributed by atoms with Gasteiger partial charge in [-0.25, -0.2) is 0 Å². The van der Waals surface area contributed by atoms with Gasteiger partial charge in [0, 0.05) is 18.6 Å². The summed E-state index contributed by atoms with van der Waals surface area (Å²) in [6, 6.07) is 0. The third-order valence-electron chi connectivity index (χ3n) is 6.20. The van der Waals surface area contributed by atoms with E-state index in [0.717, 1.165) is 45.6 Å². The molecule has 3 heterocycles. The Labute approximate surface area is 141 Å². The van der Waals surface area contributed by atoms with E-state index >= 15 is 0 Å². The Balaban J connectivity index is 1.60. The highest BCUT2D eigenvalue weighted by Crippen LogP contribution is 2.31. The van der Waals surface area contributed by atoms with Crippen LogP contribution in [0.4, 0.5) is 0 Å². The van der Waals surface area contributed by atoms with Crippen LogP contribution in [0.3, 0.4) is 0 Å². The van der Waals surface area contributed by atoms with E-state index in [2.05, 4.69) is 27.5 Å².